The van der Waals surface area contributed by atoms with Crippen molar-refractivity contribution in [2.24, 2.45) is 5.73 Å². The van der Waals surface area contributed by atoms with Gasteiger partial charge in [0.2, 0.25) is 0 Å². The zero-order chi connectivity index (χ0) is 14.5. The minimum absolute atomic E-state index is 0.0140. The maximum Gasteiger partial charge on any atom is 0.255 e. The molecule has 0 spiro atoms. The molecule has 1 unspecified atom stereocenters. The Bertz CT molecular complexity index is 563. The minimum Gasteiger partial charge on any atom is -0.375 e. The summed E-state index contributed by atoms with van der Waals surface area (Å²) in [6, 6.07) is 4.03. The van der Waals surface area contributed by atoms with Crippen LogP contribution in [0.5, 0.6) is 0 Å². The molecule has 5 heteroatoms. The van der Waals surface area contributed by atoms with Crippen molar-refractivity contribution in [3.63, 3.8) is 0 Å². The van der Waals surface area contributed by atoms with E-state index in [0.717, 1.165) is 0 Å². The zero-order valence-corrected chi connectivity index (χ0v) is 11.4. The molecule has 4 nitrogen and oxygen atoms in total. The number of benzene rings is 1. The van der Waals surface area contributed by atoms with Crippen LogP contribution in [0.25, 0.3) is 0 Å². The number of halogens is 1. The van der Waals surface area contributed by atoms with E-state index in [1.807, 2.05) is 6.92 Å². The third kappa shape index (κ3) is 3.35. The van der Waals surface area contributed by atoms with Gasteiger partial charge in [-0.15, -0.1) is 0 Å². The molecule has 106 valence electrons. The molecule has 20 heavy (non-hydrogen) atoms. The van der Waals surface area contributed by atoms with E-state index in [1.165, 1.54) is 18.2 Å². The predicted molar refractivity (Wildman–Crippen MR) is 73.6 cm³/mol. The maximum absolute atomic E-state index is 13.4. The first kappa shape index (κ1) is 14.5. The molecule has 1 aliphatic rings. The summed E-state index contributed by atoms with van der Waals surface area (Å²) in [5.74, 6) is 4.83. The second kappa shape index (κ2) is 6.51. The Morgan fingerprint density at radius 1 is 1.60 bits per heavy atom. The van der Waals surface area contributed by atoms with E-state index >= 15 is 0 Å². The van der Waals surface area contributed by atoms with E-state index in [4.69, 9.17) is 10.5 Å². The number of hydrogen-bond acceptors (Lipinski definition) is 3. The number of amides is 1. The predicted octanol–water partition coefficient (Wildman–Crippen LogP) is 0.997. The highest BCUT2D eigenvalue weighted by atomic mass is 19.1. The zero-order valence-electron chi connectivity index (χ0n) is 11.4. The molecule has 1 saturated heterocycles. The number of nitrogens with two attached hydrogens (primary N) is 1. The van der Waals surface area contributed by atoms with Gasteiger partial charge < -0.3 is 15.4 Å². The van der Waals surface area contributed by atoms with Crippen LogP contribution < -0.4 is 5.73 Å². The van der Waals surface area contributed by atoms with Gasteiger partial charge in [-0.3, -0.25) is 4.79 Å². The van der Waals surface area contributed by atoms with Gasteiger partial charge in [0, 0.05) is 18.7 Å². The van der Waals surface area contributed by atoms with Gasteiger partial charge in [0.15, 0.2) is 0 Å². The molecule has 1 fully saturated rings. The fourth-order valence-corrected chi connectivity index (χ4v) is 2.12. The molecule has 1 atom stereocenters. The molecule has 1 heterocycles. The molecule has 1 aliphatic heterocycles. The molecule has 0 radical (unpaired) electrons. The SMILES string of the molecule is CC1CN(C(=O)c2cc(F)ccc2C#CCN)CCO1. The van der Waals surface area contributed by atoms with Crippen molar-refractivity contribution < 1.29 is 13.9 Å². The van der Waals surface area contributed by atoms with E-state index in [0.29, 0.717) is 25.3 Å². The highest BCUT2D eigenvalue weighted by molar-refractivity contribution is 5.96. The fourth-order valence-electron chi connectivity index (χ4n) is 2.12. The summed E-state index contributed by atoms with van der Waals surface area (Å²) in [7, 11) is 0. The van der Waals surface area contributed by atoms with Crippen LogP contribution in [0.4, 0.5) is 4.39 Å². The normalized spacial score (nSPS) is 18.4. The first-order valence-electron chi connectivity index (χ1n) is 6.51. The smallest absolute Gasteiger partial charge is 0.255 e. The van der Waals surface area contributed by atoms with Crippen LogP contribution in [-0.4, -0.2) is 43.2 Å². The minimum atomic E-state index is -0.451. The van der Waals surface area contributed by atoms with Crippen molar-refractivity contribution in [3.05, 3.63) is 35.1 Å². The lowest BCUT2D eigenvalue weighted by atomic mass is 10.1. The number of hydrogen-bond donors (Lipinski definition) is 1. The molecule has 2 rings (SSSR count). The Morgan fingerprint density at radius 3 is 3.10 bits per heavy atom. The molecule has 2 N–H and O–H groups in total. The molecule has 1 aromatic rings. The average Bonchev–Trinajstić information content (AvgIpc) is 2.45. The topological polar surface area (TPSA) is 55.6 Å². The Labute approximate surface area is 117 Å². The van der Waals surface area contributed by atoms with Crippen molar-refractivity contribution in [2.75, 3.05) is 26.2 Å². The number of ether oxygens (including phenoxy) is 1. The number of rotatable bonds is 1. The second-order valence-electron chi connectivity index (χ2n) is 4.63. The van der Waals surface area contributed by atoms with Gasteiger partial charge >= 0.3 is 0 Å². The van der Waals surface area contributed by atoms with Crippen molar-refractivity contribution in [2.45, 2.75) is 13.0 Å². The first-order valence-corrected chi connectivity index (χ1v) is 6.51. The molecule has 0 aromatic heterocycles. The summed E-state index contributed by atoms with van der Waals surface area (Å²) in [4.78, 5) is 14.1. The van der Waals surface area contributed by atoms with Crippen LogP contribution in [0.15, 0.2) is 18.2 Å². The lowest BCUT2D eigenvalue weighted by molar-refractivity contribution is -0.0124. The van der Waals surface area contributed by atoms with Gasteiger partial charge in [0.05, 0.1) is 24.8 Å². The lowest BCUT2D eigenvalue weighted by Crippen LogP contribution is -2.44. The van der Waals surface area contributed by atoms with Gasteiger partial charge in [0.25, 0.3) is 5.91 Å². The van der Waals surface area contributed by atoms with Crippen molar-refractivity contribution in [3.8, 4) is 11.8 Å². The van der Waals surface area contributed by atoms with Crippen molar-refractivity contribution in [1.82, 2.24) is 4.90 Å². The van der Waals surface area contributed by atoms with E-state index < -0.39 is 5.82 Å². The Hall–Kier alpha value is -1.90. The third-order valence-electron chi connectivity index (χ3n) is 3.07. The quantitative estimate of drug-likeness (QED) is 0.778. The highest BCUT2D eigenvalue weighted by Gasteiger charge is 2.24. The van der Waals surface area contributed by atoms with E-state index in [-0.39, 0.29) is 24.1 Å². The molecule has 0 saturated carbocycles. The molecule has 0 bridgehead atoms. The number of carbonyl (C=O) groups excluding carboxylic acids is 1. The largest absolute Gasteiger partial charge is 0.375 e. The molecule has 0 aliphatic carbocycles. The monoisotopic (exact) mass is 276 g/mol. The van der Waals surface area contributed by atoms with Gasteiger partial charge in [-0.05, 0) is 25.1 Å². The summed E-state index contributed by atoms with van der Waals surface area (Å²) in [6.45, 7) is 3.59. The molecular formula is C15H17FN2O2. The van der Waals surface area contributed by atoms with Gasteiger partial charge in [-0.25, -0.2) is 4.39 Å². The van der Waals surface area contributed by atoms with Crippen LogP contribution >= 0.6 is 0 Å². The number of morpholine rings is 1. The summed E-state index contributed by atoms with van der Waals surface area (Å²) >= 11 is 0. The maximum atomic E-state index is 13.4. The Morgan fingerprint density at radius 2 is 2.40 bits per heavy atom. The number of nitrogens with zero attached hydrogens (tertiary/aromatic N) is 1. The van der Waals surface area contributed by atoms with Crippen molar-refractivity contribution in [1.29, 1.82) is 0 Å². The van der Waals surface area contributed by atoms with Crippen molar-refractivity contribution >= 4 is 5.91 Å². The van der Waals surface area contributed by atoms with Crippen LogP contribution in [-0.2, 0) is 4.74 Å². The Balaban J connectivity index is 2.30. The Kier molecular flexibility index (Phi) is 4.72. The summed E-state index contributed by atoms with van der Waals surface area (Å²) < 4.78 is 18.8. The van der Waals surface area contributed by atoms with Crippen LogP contribution in [0.3, 0.4) is 0 Å². The summed E-state index contributed by atoms with van der Waals surface area (Å²) in [5.41, 5.74) is 6.11. The van der Waals surface area contributed by atoms with Gasteiger partial charge in [0.1, 0.15) is 5.82 Å². The summed E-state index contributed by atoms with van der Waals surface area (Å²) in [6.07, 6.45) is -0.0140. The van der Waals surface area contributed by atoms with Gasteiger partial charge in [-0.2, -0.15) is 0 Å². The first-order chi connectivity index (χ1) is 9.61. The highest BCUT2D eigenvalue weighted by Crippen LogP contribution is 2.15. The van der Waals surface area contributed by atoms with E-state index in [1.54, 1.807) is 4.90 Å². The third-order valence-corrected chi connectivity index (χ3v) is 3.07. The number of carbonyl (C=O) groups is 1. The van der Waals surface area contributed by atoms with E-state index in [2.05, 4.69) is 11.8 Å². The van der Waals surface area contributed by atoms with Crippen LogP contribution in [0.1, 0.15) is 22.8 Å². The second-order valence-corrected chi connectivity index (χ2v) is 4.63. The summed E-state index contributed by atoms with van der Waals surface area (Å²) in [5, 5.41) is 0. The fraction of sp³-hybridized carbons (Fsp3) is 0.400. The van der Waals surface area contributed by atoms with Gasteiger partial charge in [-0.1, -0.05) is 11.8 Å². The van der Waals surface area contributed by atoms with E-state index in [9.17, 15) is 9.18 Å². The van der Waals surface area contributed by atoms with Crippen LogP contribution in [0, 0.1) is 17.7 Å². The standard InChI is InChI=1S/C15H17FN2O2/c1-11-10-18(7-8-20-11)15(19)14-9-13(16)5-4-12(14)3-2-6-17/h4-5,9,11H,6-8,10,17H2,1H3. The average molecular weight is 276 g/mol. The molecule has 1 amide bonds. The molecular weight excluding hydrogens is 259 g/mol. The van der Waals surface area contributed by atoms with Crippen LogP contribution in [0.2, 0.25) is 0 Å². The molecule has 1 aromatic carbocycles. The lowest BCUT2D eigenvalue weighted by Gasteiger charge is -2.31.